The smallest absolute Gasteiger partial charge is 0.256 e. The van der Waals surface area contributed by atoms with E-state index in [4.69, 9.17) is 4.42 Å². The molecule has 1 aliphatic rings. The van der Waals surface area contributed by atoms with Crippen LogP contribution in [0, 0.1) is 0 Å². The first-order valence-corrected chi connectivity index (χ1v) is 9.72. The van der Waals surface area contributed by atoms with Crippen LogP contribution in [0.1, 0.15) is 34.5 Å². The van der Waals surface area contributed by atoms with Crippen molar-refractivity contribution in [3.8, 4) is 0 Å². The number of likely N-dealkylation sites (tertiary alicyclic amines) is 1. The van der Waals surface area contributed by atoms with E-state index in [1.807, 2.05) is 47.4 Å². The Balaban J connectivity index is 1.64. The first kappa shape index (κ1) is 18.7. The molecular formula is C24H22N2O3. The van der Waals surface area contributed by atoms with Gasteiger partial charge in [0.05, 0.1) is 23.1 Å². The number of benzene rings is 2. The van der Waals surface area contributed by atoms with E-state index >= 15 is 0 Å². The molecule has 0 aliphatic carbocycles. The molecule has 0 spiro atoms. The van der Waals surface area contributed by atoms with Crippen LogP contribution in [0.15, 0.2) is 77.4 Å². The summed E-state index contributed by atoms with van der Waals surface area (Å²) in [4.78, 5) is 27.9. The number of hydrogen-bond donors (Lipinski definition) is 1. The van der Waals surface area contributed by atoms with Gasteiger partial charge >= 0.3 is 0 Å². The van der Waals surface area contributed by atoms with Crippen LogP contribution < -0.4 is 5.32 Å². The van der Waals surface area contributed by atoms with Gasteiger partial charge in [0.15, 0.2) is 0 Å². The quantitative estimate of drug-likeness (QED) is 0.647. The minimum Gasteiger partial charge on any atom is -0.465 e. The molecule has 1 saturated heterocycles. The summed E-state index contributed by atoms with van der Waals surface area (Å²) in [6.45, 7) is 1.52. The Labute approximate surface area is 169 Å². The highest BCUT2D eigenvalue weighted by atomic mass is 16.3. The molecule has 0 saturated carbocycles. The minimum absolute atomic E-state index is 0.0466. The number of hydrogen-bond acceptors (Lipinski definition) is 3. The second-order valence-corrected chi connectivity index (χ2v) is 6.94. The van der Waals surface area contributed by atoms with Gasteiger partial charge < -0.3 is 14.6 Å². The van der Waals surface area contributed by atoms with Crippen molar-refractivity contribution in [3.63, 3.8) is 0 Å². The van der Waals surface area contributed by atoms with Crippen molar-refractivity contribution < 1.29 is 14.0 Å². The second kappa shape index (κ2) is 8.61. The van der Waals surface area contributed by atoms with Crippen molar-refractivity contribution in [3.05, 3.63) is 89.9 Å². The molecule has 0 unspecified atom stereocenters. The lowest BCUT2D eigenvalue weighted by atomic mass is 10.0. The van der Waals surface area contributed by atoms with Crippen LogP contribution in [-0.2, 0) is 4.79 Å². The molecule has 29 heavy (non-hydrogen) atoms. The Hall–Kier alpha value is -3.60. The molecule has 4 rings (SSSR count). The molecule has 0 atom stereocenters. The van der Waals surface area contributed by atoms with Crippen molar-refractivity contribution in [2.75, 3.05) is 18.4 Å². The van der Waals surface area contributed by atoms with Gasteiger partial charge in [0.25, 0.3) is 11.8 Å². The largest absolute Gasteiger partial charge is 0.465 e. The summed E-state index contributed by atoms with van der Waals surface area (Å²) in [6, 6.07) is 20.1. The molecule has 0 bridgehead atoms. The summed E-state index contributed by atoms with van der Waals surface area (Å²) in [5.74, 6) is 0.240. The molecule has 2 aromatic carbocycles. The number of rotatable bonds is 5. The van der Waals surface area contributed by atoms with Gasteiger partial charge in [-0.2, -0.15) is 0 Å². The van der Waals surface area contributed by atoms with Crippen LogP contribution in [0.2, 0.25) is 0 Å². The van der Waals surface area contributed by atoms with Crippen LogP contribution in [0.25, 0.3) is 11.6 Å². The van der Waals surface area contributed by atoms with Gasteiger partial charge in [0, 0.05) is 13.1 Å². The number of amides is 2. The molecule has 5 nitrogen and oxygen atoms in total. The zero-order chi connectivity index (χ0) is 20.1. The van der Waals surface area contributed by atoms with E-state index in [2.05, 4.69) is 5.32 Å². The van der Waals surface area contributed by atoms with Gasteiger partial charge in [-0.3, -0.25) is 9.59 Å². The van der Waals surface area contributed by atoms with Crippen LogP contribution in [0.4, 0.5) is 5.69 Å². The van der Waals surface area contributed by atoms with Crippen molar-refractivity contribution in [2.24, 2.45) is 0 Å². The second-order valence-electron chi connectivity index (χ2n) is 6.94. The normalized spacial score (nSPS) is 14.1. The van der Waals surface area contributed by atoms with Crippen LogP contribution in [0.3, 0.4) is 0 Å². The highest BCUT2D eigenvalue weighted by Gasteiger charge is 2.23. The topological polar surface area (TPSA) is 62.6 Å². The van der Waals surface area contributed by atoms with Gasteiger partial charge in [-0.25, -0.2) is 0 Å². The molecule has 5 heteroatoms. The Morgan fingerprint density at radius 1 is 0.897 bits per heavy atom. The van der Waals surface area contributed by atoms with Crippen molar-refractivity contribution in [1.29, 1.82) is 0 Å². The Morgan fingerprint density at radius 3 is 2.34 bits per heavy atom. The van der Waals surface area contributed by atoms with E-state index in [0.717, 1.165) is 31.5 Å². The van der Waals surface area contributed by atoms with Gasteiger partial charge in [-0.1, -0.05) is 42.5 Å². The Morgan fingerprint density at radius 2 is 1.62 bits per heavy atom. The number of nitrogens with zero attached hydrogens (tertiary/aromatic N) is 1. The summed E-state index contributed by atoms with van der Waals surface area (Å²) in [6.07, 6.45) is 5.31. The average Bonchev–Trinajstić information content (AvgIpc) is 3.47. The predicted octanol–water partition coefficient (Wildman–Crippen LogP) is 4.69. The zero-order valence-corrected chi connectivity index (χ0v) is 16.0. The average molecular weight is 386 g/mol. The maximum absolute atomic E-state index is 13.2. The minimum atomic E-state index is -0.297. The summed E-state index contributed by atoms with van der Waals surface area (Å²) < 4.78 is 5.40. The first-order valence-electron chi connectivity index (χ1n) is 9.72. The third-order valence-electron chi connectivity index (χ3n) is 4.96. The number of para-hydroxylation sites is 1. The zero-order valence-electron chi connectivity index (χ0n) is 16.0. The summed E-state index contributed by atoms with van der Waals surface area (Å²) in [5.41, 5.74) is 2.25. The van der Waals surface area contributed by atoms with E-state index in [9.17, 15) is 9.59 Å². The number of anilines is 1. The Kier molecular flexibility index (Phi) is 5.56. The lowest BCUT2D eigenvalue weighted by molar-refractivity contribution is -0.111. The molecule has 1 aliphatic heterocycles. The molecule has 2 amide bonds. The van der Waals surface area contributed by atoms with E-state index in [1.54, 1.807) is 36.6 Å². The fourth-order valence-corrected chi connectivity index (χ4v) is 3.47. The van der Waals surface area contributed by atoms with E-state index in [-0.39, 0.29) is 11.8 Å². The highest BCUT2D eigenvalue weighted by Crippen LogP contribution is 2.24. The van der Waals surface area contributed by atoms with Crippen molar-refractivity contribution in [1.82, 2.24) is 4.90 Å². The molecule has 1 aromatic heterocycles. The first-order chi connectivity index (χ1) is 14.2. The number of carbonyl (C=O) groups is 2. The summed E-state index contributed by atoms with van der Waals surface area (Å²) >= 11 is 0. The predicted molar refractivity (Wildman–Crippen MR) is 113 cm³/mol. The van der Waals surface area contributed by atoms with Gasteiger partial charge in [-0.15, -0.1) is 0 Å². The summed E-state index contributed by atoms with van der Waals surface area (Å²) in [7, 11) is 0. The molecule has 1 N–H and O–H groups in total. The van der Waals surface area contributed by atoms with Gasteiger partial charge in [0.2, 0.25) is 0 Å². The number of nitrogens with one attached hydrogen (secondary N) is 1. The number of carbonyl (C=O) groups excluding carboxylic acids is 2. The van der Waals surface area contributed by atoms with Crippen LogP contribution in [-0.4, -0.2) is 29.8 Å². The van der Waals surface area contributed by atoms with E-state index in [0.29, 0.717) is 22.6 Å². The standard InChI is InChI=1S/C24H22N2O3/c27-23(21(17-19-11-8-16-29-19)18-9-2-1-3-10-18)25-22-13-5-4-12-20(22)24(28)26-14-6-7-15-26/h1-5,8-13,16-17H,6-7,14-15H2,(H,25,27)/b21-17+. The Bertz CT molecular complexity index is 1020. The third-order valence-corrected chi connectivity index (χ3v) is 4.96. The SMILES string of the molecule is O=C(Nc1ccccc1C(=O)N1CCCC1)/C(=C/c1ccco1)c1ccccc1. The van der Waals surface area contributed by atoms with Crippen LogP contribution >= 0.6 is 0 Å². The maximum Gasteiger partial charge on any atom is 0.256 e. The highest BCUT2D eigenvalue weighted by molar-refractivity contribution is 6.29. The van der Waals surface area contributed by atoms with E-state index in [1.165, 1.54) is 0 Å². The van der Waals surface area contributed by atoms with Gasteiger partial charge in [-0.05, 0) is 48.7 Å². The summed E-state index contributed by atoms with van der Waals surface area (Å²) in [5, 5.41) is 2.93. The van der Waals surface area contributed by atoms with Gasteiger partial charge in [0.1, 0.15) is 5.76 Å². The fourth-order valence-electron chi connectivity index (χ4n) is 3.47. The monoisotopic (exact) mass is 386 g/mol. The van der Waals surface area contributed by atoms with Crippen LogP contribution in [0.5, 0.6) is 0 Å². The lowest BCUT2D eigenvalue weighted by Gasteiger charge is -2.18. The van der Waals surface area contributed by atoms with Crippen molar-refractivity contribution in [2.45, 2.75) is 12.8 Å². The van der Waals surface area contributed by atoms with E-state index < -0.39 is 0 Å². The molecule has 2 heterocycles. The third kappa shape index (κ3) is 4.29. The molecule has 0 radical (unpaired) electrons. The molecule has 3 aromatic rings. The fraction of sp³-hybridized carbons (Fsp3) is 0.167. The molecule has 1 fully saturated rings. The maximum atomic E-state index is 13.2. The van der Waals surface area contributed by atoms with Crippen molar-refractivity contribution >= 4 is 29.2 Å². The molecule has 146 valence electrons. The molecular weight excluding hydrogens is 364 g/mol. The lowest BCUT2D eigenvalue weighted by Crippen LogP contribution is -2.28. The number of furan rings is 1.